The molecule has 1 N–H and O–H groups in total. The summed E-state index contributed by atoms with van der Waals surface area (Å²) in [7, 11) is 2.13. The molecule has 0 atom stereocenters. The molecule has 0 aliphatic carbocycles. The number of nitrogens with one attached hydrogen (secondary N) is 1. The van der Waals surface area contributed by atoms with Crippen molar-refractivity contribution in [3.8, 4) is 0 Å². The molecule has 2 heteroatoms. The quantitative estimate of drug-likeness (QED) is 0.534. The summed E-state index contributed by atoms with van der Waals surface area (Å²) in [5.74, 6) is 0. The van der Waals surface area contributed by atoms with Crippen LogP contribution in [0, 0.1) is 0 Å². The molecular formula is C16H17N2+. The lowest BCUT2D eigenvalue weighted by Crippen LogP contribution is -2.30. The number of aryl methyl sites for hydroxylation is 1. The van der Waals surface area contributed by atoms with Crippen LogP contribution in [0.2, 0.25) is 0 Å². The van der Waals surface area contributed by atoms with Crippen molar-refractivity contribution in [3.63, 3.8) is 0 Å². The third-order valence-electron chi connectivity index (χ3n) is 3.42. The minimum absolute atomic E-state index is 0.932. The number of nitrogens with zero attached hydrogens (tertiary/aromatic N) is 1. The zero-order valence-electron chi connectivity index (χ0n) is 10.8. The molecular weight excluding hydrogens is 220 g/mol. The van der Waals surface area contributed by atoms with E-state index in [-0.39, 0.29) is 0 Å². The second kappa shape index (κ2) is 4.30. The first kappa shape index (κ1) is 11.0. The van der Waals surface area contributed by atoms with Gasteiger partial charge in [0, 0.05) is 18.7 Å². The van der Waals surface area contributed by atoms with Gasteiger partial charge < -0.3 is 5.32 Å². The van der Waals surface area contributed by atoms with Gasteiger partial charge in [-0.25, -0.2) is 0 Å². The first-order chi connectivity index (χ1) is 8.83. The van der Waals surface area contributed by atoms with Crippen LogP contribution in [0.3, 0.4) is 0 Å². The fourth-order valence-corrected chi connectivity index (χ4v) is 2.60. The lowest BCUT2D eigenvalue weighted by Gasteiger charge is -2.10. The van der Waals surface area contributed by atoms with Crippen molar-refractivity contribution in [2.24, 2.45) is 7.05 Å². The summed E-state index contributed by atoms with van der Waals surface area (Å²) in [5.41, 5.74) is 3.75. The topological polar surface area (TPSA) is 15.9 Å². The van der Waals surface area contributed by atoms with E-state index in [0.29, 0.717) is 0 Å². The van der Waals surface area contributed by atoms with Crippen LogP contribution in [-0.2, 0) is 7.05 Å². The van der Waals surface area contributed by atoms with Crippen LogP contribution < -0.4 is 9.88 Å². The summed E-state index contributed by atoms with van der Waals surface area (Å²) in [4.78, 5) is 0. The van der Waals surface area contributed by atoms with Gasteiger partial charge in [-0.1, -0.05) is 24.3 Å². The Morgan fingerprint density at radius 3 is 1.89 bits per heavy atom. The van der Waals surface area contributed by atoms with Crippen LogP contribution >= 0.6 is 0 Å². The lowest BCUT2D eigenvalue weighted by atomic mass is 10.1. The van der Waals surface area contributed by atoms with Gasteiger partial charge in [-0.05, 0) is 19.1 Å². The molecule has 3 aromatic rings. The first-order valence-corrected chi connectivity index (χ1v) is 6.36. The number of hydrogen-bond donors (Lipinski definition) is 1. The summed E-state index contributed by atoms with van der Waals surface area (Å²) < 4.78 is 2.26. The standard InChI is InChI=1S/C16H16N2/c1-3-17-16-12-8-4-6-10-14(12)18(2)15-11-7-5-9-13(15)16/h4-11H,3H2,1-2H3/p+1. The molecule has 2 aromatic carbocycles. The number of pyridine rings is 1. The normalized spacial score (nSPS) is 11.0. The van der Waals surface area contributed by atoms with Gasteiger partial charge in [0.2, 0.25) is 11.0 Å². The zero-order valence-corrected chi connectivity index (χ0v) is 10.8. The lowest BCUT2D eigenvalue weighted by molar-refractivity contribution is -0.617. The first-order valence-electron chi connectivity index (χ1n) is 6.36. The number of benzene rings is 2. The second-order valence-electron chi connectivity index (χ2n) is 4.50. The fraction of sp³-hybridized carbons (Fsp3) is 0.188. The van der Waals surface area contributed by atoms with Crippen LogP contribution in [0.4, 0.5) is 5.69 Å². The summed E-state index contributed by atoms with van der Waals surface area (Å²) >= 11 is 0. The molecule has 1 heterocycles. The molecule has 1 aromatic heterocycles. The highest BCUT2D eigenvalue weighted by molar-refractivity contribution is 6.04. The maximum atomic E-state index is 3.51. The Bertz CT molecular complexity index is 660. The molecule has 0 aliphatic heterocycles. The van der Waals surface area contributed by atoms with E-state index in [1.165, 1.54) is 27.5 Å². The Balaban J connectivity index is 2.54. The van der Waals surface area contributed by atoms with Crippen LogP contribution in [0.15, 0.2) is 48.5 Å². The molecule has 0 bridgehead atoms. The molecule has 18 heavy (non-hydrogen) atoms. The maximum absolute atomic E-state index is 3.51. The highest BCUT2D eigenvalue weighted by atomic mass is 15.0. The van der Waals surface area contributed by atoms with Gasteiger partial charge in [0.1, 0.15) is 7.05 Å². The van der Waals surface area contributed by atoms with E-state index in [1.807, 2.05) is 0 Å². The highest BCUT2D eigenvalue weighted by Gasteiger charge is 2.15. The van der Waals surface area contributed by atoms with E-state index < -0.39 is 0 Å². The molecule has 3 rings (SSSR count). The van der Waals surface area contributed by atoms with Crippen LogP contribution in [0.5, 0.6) is 0 Å². The van der Waals surface area contributed by atoms with Gasteiger partial charge in [0.05, 0.1) is 16.5 Å². The van der Waals surface area contributed by atoms with Gasteiger partial charge in [-0.2, -0.15) is 4.57 Å². The van der Waals surface area contributed by atoms with E-state index in [4.69, 9.17) is 0 Å². The average Bonchev–Trinajstić information content (AvgIpc) is 2.43. The Labute approximate surface area is 107 Å². The van der Waals surface area contributed by atoms with Gasteiger partial charge in [-0.3, -0.25) is 0 Å². The summed E-state index contributed by atoms with van der Waals surface area (Å²) in [6, 6.07) is 17.1. The predicted octanol–water partition coefficient (Wildman–Crippen LogP) is 3.25. The Hall–Kier alpha value is -2.09. The fourth-order valence-electron chi connectivity index (χ4n) is 2.60. The third-order valence-corrected chi connectivity index (χ3v) is 3.42. The van der Waals surface area contributed by atoms with Crippen molar-refractivity contribution in [1.82, 2.24) is 0 Å². The van der Waals surface area contributed by atoms with Crippen LogP contribution in [0.25, 0.3) is 21.8 Å². The largest absolute Gasteiger partial charge is 0.384 e. The zero-order chi connectivity index (χ0) is 12.5. The minimum atomic E-state index is 0.932. The average molecular weight is 237 g/mol. The number of hydrogen-bond acceptors (Lipinski definition) is 1. The highest BCUT2D eigenvalue weighted by Crippen LogP contribution is 2.28. The van der Waals surface area contributed by atoms with Crippen molar-refractivity contribution in [3.05, 3.63) is 48.5 Å². The van der Waals surface area contributed by atoms with Gasteiger partial charge in [-0.15, -0.1) is 0 Å². The van der Waals surface area contributed by atoms with Crippen LogP contribution in [0.1, 0.15) is 6.92 Å². The number of para-hydroxylation sites is 2. The van der Waals surface area contributed by atoms with E-state index >= 15 is 0 Å². The van der Waals surface area contributed by atoms with E-state index in [0.717, 1.165) is 6.54 Å². The SMILES string of the molecule is CCNc1c2ccccc2[n+](C)c2ccccc12. The van der Waals surface area contributed by atoms with E-state index in [2.05, 4.69) is 72.4 Å². The maximum Gasteiger partial charge on any atom is 0.214 e. The van der Waals surface area contributed by atoms with Crippen molar-refractivity contribution >= 4 is 27.5 Å². The number of fused-ring (bicyclic) bond motifs is 2. The molecule has 0 aliphatic rings. The molecule has 0 saturated heterocycles. The molecule has 2 nitrogen and oxygen atoms in total. The molecule has 0 saturated carbocycles. The Morgan fingerprint density at radius 1 is 0.889 bits per heavy atom. The Kier molecular flexibility index (Phi) is 2.63. The molecule has 0 unspecified atom stereocenters. The number of anilines is 1. The van der Waals surface area contributed by atoms with Crippen molar-refractivity contribution < 1.29 is 4.57 Å². The van der Waals surface area contributed by atoms with Crippen LogP contribution in [-0.4, -0.2) is 6.54 Å². The summed E-state index contributed by atoms with van der Waals surface area (Å²) in [5, 5.41) is 6.06. The Morgan fingerprint density at radius 2 is 1.39 bits per heavy atom. The minimum Gasteiger partial charge on any atom is -0.384 e. The monoisotopic (exact) mass is 237 g/mol. The number of aromatic nitrogens is 1. The molecule has 0 spiro atoms. The van der Waals surface area contributed by atoms with Gasteiger partial charge in [0.25, 0.3) is 0 Å². The molecule has 90 valence electrons. The van der Waals surface area contributed by atoms with Crippen molar-refractivity contribution in [2.45, 2.75) is 6.92 Å². The summed E-state index contributed by atoms with van der Waals surface area (Å²) in [6.07, 6.45) is 0. The molecule has 0 radical (unpaired) electrons. The van der Waals surface area contributed by atoms with Crippen molar-refractivity contribution in [2.75, 3.05) is 11.9 Å². The second-order valence-corrected chi connectivity index (χ2v) is 4.50. The van der Waals surface area contributed by atoms with E-state index in [9.17, 15) is 0 Å². The number of rotatable bonds is 2. The predicted molar refractivity (Wildman–Crippen MR) is 76.8 cm³/mol. The molecule has 0 fully saturated rings. The van der Waals surface area contributed by atoms with Gasteiger partial charge >= 0.3 is 0 Å². The van der Waals surface area contributed by atoms with E-state index in [1.54, 1.807) is 0 Å². The van der Waals surface area contributed by atoms with Gasteiger partial charge in [0.15, 0.2) is 0 Å². The molecule has 0 amide bonds. The smallest absolute Gasteiger partial charge is 0.214 e. The third kappa shape index (κ3) is 1.53. The van der Waals surface area contributed by atoms with Crippen molar-refractivity contribution in [1.29, 1.82) is 0 Å². The summed E-state index contributed by atoms with van der Waals surface area (Å²) in [6.45, 7) is 3.07.